The Kier molecular flexibility index (Phi) is 5.62. The largest absolute Gasteiger partial charge is 0.477 e. The molecule has 4 rings (SSSR count). The van der Waals surface area contributed by atoms with E-state index in [1.807, 2.05) is 6.07 Å². The van der Waals surface area contributed by atoms with Crippen LogP contribution in [-0.4, -0.2) is 39.6 Å². The van der Waals surface area contributed by atoms with E-state index in [-0.39, 0.29) is 30.3 Å². The third-order valence-electron chi connectivity index (χ3n) is 4.90. The molecule has 0 bridgehead atoms. The number of H-pyrrole nitrogens is 1. The molecule has 0 aliphatic rings. The van der Waals surface area contributed by atoms with E-state index in [1.54, 1.807) is 44.3 Å². The topological polar surface area (TPSA) is 71.1 Å². The van der Waals surface area contributed by atoms with Crippen LogP contribution in [-0.2, 0) is 6.54 Å². The van der Waals surface area contributed by atoms with Crippen LogP contribution in [0.3, 0.4) is 0 Å². The number of amides is 1. The summed E-state index contributed by atoms with van der Waals surface area (Å²) < 4.78 is 34.5. The van der Waals surface area contributed by atoms with Gasteiger partial charge < -0.3 is 9.64 Å². The summed E-state index contributed by atoms with van der Waals surface area (Å²) in [6.45, 7) is 2.19. The van der Waals surface area contributed by atoms with Crippen molar-refractivity contribution in [3.63, 3.8) is 0 Å². The van der Waals surface area contributed by atoms with Gasteiger partial charge >= 0.3 is 0 Å². The Hall–Kier alpha value is -3.81. The van der Waals surface area contributed by atoms with Crippen LogP contribution < -0.4 is 4.74 Å². The second kappa shape index (κ2) is 8.51. The average molecular weight is 422 g/mol. The van der Waals surface area contributed by atoms with Crippen LogP contribution in [0.1, 0.15) is 23.0 Å². The number of nitrogens with zero attached hydrogens (tertiary/aromatic N) is 3. The Balaban J connectivity index is 1.66. The lowest BCUT2D eigenvalue weighted by Crippen LogP contribution is -2.27. The lowest BCUT2D eigenvalue weighted by Gasteiger charge is -2.19. The summed E-state index contributed by atoms with van der Waals surface area (Å²) in [7, 11) is 1.57. The molecule has 6 nitrogen and oxygen atoms in total. The molecule has 8 heteroatoms. The molecule has 0 aliphatic heterocycles. The number of hydrogen-bond acceptors (Lipinski definition) is 4. The molecule has 2 aromatic carbocycles. The first-order valence-electron chi connectivity index (χ1n) is 9.74. The zero-order valence-electron chi connectivity index (χ0n) is 17.0. The Morgan fingerprint density at radius 3 is 2.65 bits per heavy atom. The number of carbonyl (C=O) groups excluding carboxylic acids is 1. The zero-order chi connectivity index (χ0) is 22.0. The van der Waals surface area contributed by atoms with Crippen LogP contribution in [0.25, 0.3) is 22.0 Å². The molecule has 0 unspecified atom stereocenters. The Morgan fingerprint density at radius 2 is 1.90 bits per heavy atom. The summed E-state index contributed by atoms with van der Waals surface area (Å²) in [6, 6.07) is 12.9. The smallest absolute Gasteiger partial charge is 0.272 e. The van der Waals surface area contributed by atoms with Gasteiger partial charge in [0.1, 0.15) is 17.3 Å². The van der Waals surface area contributed by atoms with Crippen molar-refractivity contribution >= 4 is 16.8 Å². The number of ether oxygens (including phenoxy) is 1. The van der Waals surface area contributed by atoms with Gasteiger partial charge in [0.05, 0.1) is 29.3 Å². The van der Waals surface area contributed by atoms with Crippen LogP contribution in [0.5, 0.6) is 5.88 Å². The van der Waals surface area contributed by atoms with Crippen LogP contribution in [0, 0.1) is 11.6 Å². The van der Waals surface area contributed by atoms with Gasteiger partial charge in [-0.15, -0.1) is 0 Å². The normalized spacial score (nSPS) is 11.0. The predicted octanol–water partition coefficient (Wildman–Crippen LogP) is 4.57. The summed E-state index contributed by atoms with van der Waals surface area (Å²) >= 11 is 0. The first-order chi connectivity index (χ1) is 15.0. The molecular formula is C23H20F2N4O2. The quantitative estimate of drug-likeness (QED) is 0.494. The van der Waals surface area contributed by atoms with Gasteiger partial charge in [-0.1, -0.05) is 36.4 Å². The van der Waals surface area contributed by atoms with E-state index < -0.39 is 17.5 Å². The molecule has 0 saturated heterocycles. The van der Waals surface area contributed by atoms with E-state index in [2.05, 4.69) is 15.2 Å². The van der Waals surface area contributed by atoms with Crippen LogP contribution >= 0.6 is 0 Å². The first-order valence-corrected chi connectivity index (χ1v) is 9.74. The van der Waals surface area contributed by atoms with Crippen molar-refractivity contribution in [3.05, 3.63) is 77.6 Å². The maximum atomic E-state index is 15.0. The monoisotopic (exact) mass is 422 g/mol. The number of hydrogen-bond donors (Lipinski definition) is 1. The molecule has 0 saturated carbocycles. The lowest BCUT2D eigenvalue weighted by atomic mass is 10.1. The lowest BCUT2D eigenvalue weighted by molar-refractivity contribution is 0.0778. The van der Waals surface area contributed by atoms with E-state index in [0.717, 1.165) is 6.07 Å². The van der Waals surface area contributed by atoms with Gasteiger partial charge in [0.2, 0.25) is 5.88 Å². The van der Waals surface area contributed by atoms with Gasteiger partial charge in [0, 0.05) is 19.7 Å². The number of halogens is 2. The van der Waals surface area contributed by atoms with Gasteiger partial charge in [-0.05, 0) is 24.1 Å². The molecule has 0 fully saturated rings. The number of aromatic amines is 1. The number of pyridine rings is 1. The van der Waals surface area contributed by atoms with Crippen molar-refractivity contribution in [2.75, 3.05) is 13.7 Å². The highest BCUT2D eigenvalue weighted by molar-refractivity contribution is 5.93. The summed E-state index contributed by atoms with van der Waals surface area (Å²) in [5.41, 5.74) is 1.92. The van der Waals surface area contributed by atoms with E-state index in [1.165, 1.54) is 17.2 Å². The number of aromatic nitrogens is 3. The molecule has 1 amide bonds. The van der Waals surface area contributed by atoms with Crippen molar-refractivity contribution in [3.8, 4) is 17.0 Å². The van der Waals surface area contributed by atoms with E-state index in [0.29, 0.717) is 22.0 Å². The number of carbonyl (C=O) groups is 1. The summed E-state index contributed by atoms with van der Waals surface area (Å²) in [4.78, 5) is 18.7. The minimum absolute atomic E-state index is 0.0585. The minimum Gasteiger partial charge on any atom is -0.477 e. The predicted molar refractivity (Wildman–Crippen MR) is 113 cm³/mol. The summed E-state index contributed by atoms with van der Waals surface area (Å²) in [6.07, 6.45) is 1.39. The van der Waals surface area contributed by atoms with Gasteiger partial charge in [-0.25, -0.2) is 13.8 Å². The average Bonchev–Trinajstić information content (AvgIpc) is 3.27. The van der Waals surface area contributed by atoms with E-state index >= 15 is 4.39 Å². The standard InChI is InChI=1S/C23H20F2N4O2/c1-3-31-22-20(14-7-5-4-6-8-14)18(25)11-19(27-22)23(30)29(2)13-15-9-10-17(24)16-12-26-28-21(15)16/h4-12H,3,13H2,1-2H3,(H,26,28). The molecule has 0 atom stereocenters. The van der Waals surface area contributed by atoms with Crippen LogP contribution in [0.2, 0.25) is 0 Å². The second-order valence-electron chi connectivity index (χ2n) is 6.99. The van der Waals surface area contributed by atoms with Gasteiger partial charge in [0.15, 0.2) is 0 Å². The third-order valence-corrected chi connectivity index (χ3v) is 4.90. The summed E-state index contributed by atoms with van der Waals surface area (Å²) in [5, 5.41) is 6.96. The van der Waals surface area contributed by atoms with E-state index in [9.17, 15) is 9.18 Å². The maximum Gasteiger partial charge on any atom is 0.272 e. The third kappa shape index (κ3) is 3.96. The maximum absolute atomic E-state index is 15.0. The molecule has 0 spiro atoms. The zero-order valence-corrected chi connectivity index (χ0v) is 17.0. The van der Waals surface area contributed by atoms with Crippen molar-refractivity contribution < 1.29 is 18.3 Å². The molecule has 2 aromatic heterocycles. The fourth-order valence-electron chi connectivity index (χ4n) is 3.42. The van der Waals surface area contributed by atoms with Crippen molar-refractivity contribution in [1.82, 2.24) is 20.1 Å². The van der Waals surface area contributed by atoms with Gasteiger partial charge in [0.25, 0.3) is 5.91 Å². The van der Waals surface area contributed by atoms with E-state index in [4.69, 9.17) is 4.74 Å². The number of rotatable bonds is 6. The molecule has 31 heavy (non-hydrogen) atoms. The highest BCUT2D eigenvalue weighted by Gasteiger charge is 2.22. The first kappa shape index (κ1) is 20.5. The highest BCUT2D eigenvalue weighted by Crippen LogP contribution is 2.32. The van der Waals surface area contributed by atoms with Gasteiger partial charge in [-0.2, -0.15) is 5.10 Å². The SMILES string of the molecule is CCOc1nc(C(=O)N(C)Cc2ccc(F)c3cn[nH]c23)cc(F)c1-c1ccccc1. The fourth-order valence-corrected chi connectivity index (χ4v) is 3.42. The molecule has 0 radical (unpaired) electrons. The van der Waals surface area contributed by atoms with Gasteiger partial charge in [-0.3, -0.25) is 9.89 Å². The number of fused-ring (bicyclic) bond motifs is 1. The Labute approximate surface area is 177 Å². The Morgan fingerprint density at radius 1 is 1.13 bits per heavy atom. The summed E-state index contributed by atoms with van der Waals surface area (Å²) in [5.74, 6) is -1.43. The van der Waals surface area contributed by atoms with Crippen molar-refractivity contribution in [2.24, 2.45) is 0 Å². The molecule has 158 valence electrons. The van der Waals surface area contributed by atoms with Crippen LogP contribution in [0.15, 0.2) is 54.7 Å². The molecule has 0 aliphatic carbocycles. The number of nitrogens with one attached hydrogen (secondary N) is 1. The molecule has 4 aromatic rings. The number of benzene rings is 2. The second-order valence-corrected chi connectivity index (χ2v) is 6.99. The molecule has 2 heterocycles. The van der Waals surface area contributed by atoms with Crippen LogP contribution in [0.4, 0.5) is 8.78 Å². The molecular weight excluding hydrogens is 402 g/mol. The highest BCUT2D eigenvalue weighted by atomic mass is 19.1. The minimum atomic E-state index is -0.598. The van der Waals surface area contributed by atoms with Crippen molar-refractivity contribution in [2.45, 2.75) is 13.5 Å². The fraction of sp³-hybridized carbons (Fsp3) is 0.174. The Bertz CT molecular complexity index is 1240. The van der Waals surface area contributed by atoms with Crippen molar-refractivity contribution in [1.29, 1.82) is 0 Å². The molecule has 1 N–H and O–H groups in total.